The second kappa shape index (κ2) is 6.54. The van der Waals surface area contributed by atoms with Gasteiger partial charge in [-0.2, -0.15) is 0 Å². The van der Waals surface area contributed by atoms with Gasteiger partial charge < -0.3 is 5.32 Å². The Morgan fingerprint density at radius 3 is 2.89 bits per heavy atom. The first-order valence-corrected chi connectivity index (χ1v) is 8.31. The number of anilines is 1. The zero-order valence-corrected chi connectivity index (χ0v) is 13.8. The fourth-order valence-corrected chi connectivity index (χ4v) is 3.47. The fraction of sp³-hybridized carbons (Fsp3) is 0.231. The van der Waals surface area contributed by atoms with Gasteiger partial charge in [0.2, 0.25) is 5.91 Å². The third kappa shape index (κ3) is 4.33. The summed E-state index contributed by atoms with van der Waals surface area (Å²) in [4.78, 5) is 17.1. The molecule has 0 saturated heterocycles. The molecule has 0 aliphatic carbocycles. The highest BCUT2D eigenvalue weighted by Crippen LogP contribution is 2.25. The molecule has 1 N–H and O–H groups in total. The molecule has 0 aliphatic rings. The number of aromatic nitrogens is 1. The Morgan fingerprint density at radius 2 is 2.26 bits per heavy atom. The highest BCUT2D eigenvalue weighted by Gasteiger charge is 2.07. The maximum atomic E-state index is 11.8. The summed E-state index contributed by atoms with van der Waals surface area (Å²) in [7, 11) is 0. The van der Waals surface area contributed by atoms with E-state index in [1.807, 2.05) is 37.4 Å². The molecule has 1 heterocycles. The Kier molecular flexibility index (Phi) is 5.01. The smallest absolute Gasteiger partial charge is 0.236 e. The minimum Gasteiger partial charge on any atom is -0.301 e. The van der Waals surface area contributed by atoms with Gasteiger partial charge in [0.1, 0.15) is 0 Å². The number of carbonyl (C=O) groups is 1. The number of amides is 1. The van der Waals surface area contributed by atoms with E-state index in [9.17, 15) is 4.79 Å². The predicted octanol–water partition coefficient (Wildman–Crippen LogP) is 4.25. The summed E-state index contributed by atoms with van der Waals surface area (Å²) in [5.41, 5.74) is 2.09. The van der Waals surface area contributed by atoms with Crippen molar-refractivity contribution in [2.45, 2.75) is 18.7 Å². The zero-order chi connectivity index (χ0) is 13.8. The van der Waals surface area contributed by atoms with Gasteiger partial charge in [0.05, 0.1) is 11.4 Å². The highest BCUT2D eigenvalue weighted by atomic mass is 79.9. The Hall–Kier alpha value is -0.850. The van der Waals surface area contributed by atoms with Gasteiger partial charge in [-0.25, -0.2) is 4.98 Å². The molecule has 2 aromatic rings. The number of nitrogens with zero attached hydrogens (tertiary/aromatic N) is 1. The maximum Gasteiger partial charge on any atom is 0.236 e. The summed E-state index contributed by atoms with van der Waals surface area (Å²) in [6, 6.07) is 6.05. The van der Waals surface area contributed by atoms with E-state index in [2.05, 4.69) is 26.2 Å². The Labute approximate surface area is 129 Å². The van der Waals surface area contributed by atoms with Crippen LogP contribution in [0, 0.1) is 13.8 Å². The van der Waals surface area contributed by atoms with Gasteiger partial charge in [0.25, 0.3) is 0 Å². The van der Waals surface area contributed by atoms with Crippen molar-refractivity contribution < 1.29 is 4.79 Å². The topological polar surface area (TPSA) is 42.0 Å². The molecule has 2 rings (SSSR count). The summed E-state index contributed by atoms with van der Waals surface area (Å²) >= 11 is 6.41. The average molecular weight is 357 g/mol. The molecule has 19 heavy (non-hydrogen) atoms. The number of aryl methyl sites for hydroxylation is 2. The van der Waals surface area contributed by atoms with Crippen LogP contribution in [0.25, 0.3) is 0 Å². The van der Waals surface area contributed by atoms with Gasteiger partial charge in [0.15, 0.2) is 5.13 Å². The summed E-state index contributed by atoms with van der Waals surface area (Å²) in [5.74, 6) is 0.364. The van der Waals surface area contributed by atoms with Gasteiger partial charge >= 0.3 is 0 Å². The van der Waals surface area contributed by atoms with Crippen molar-refractivity contribution in [2.24, 2.45) is 0 Å². The van der Waals surface area contributed by atoms with Crippen LogP contribution in [0.5, 0.6) is 0 Å². The van der Waals surface area contributed by atoms with Crippen molar-refractivity contribution in [3.05, 3.63) is 39.3 Å². The number of hydrogen-bond acceptors (Lipinski definition) is 4. The van der Waals surface area contributed by atoms with E-state index < -0.39 is 0 Å². The van der Waals surface area contributed by atoms with Gasteiger partial charge in [-0.1, -0.05) is 15.9 Å². The number of thioether (sulfide) groups is 1. The molecule has 0 aliphatic heterocycles. The molecule has 1 aromatic heterocycles. The molecule has 6 heteroatoms. The molecule has 0 atom stereocenters. The van der Waals surface area contributed by atoms with Gasteiger partial charge in [-0.3, -0.25) is 4.79 Å². The SMILES string of the molecule is Cc1csc(NC(=O)CSc2ccc(Br)cc2C)n1. The predicted molar refractivity (Wildman–Crippen MR) is 85.1 cm³/mol. The summed E-state index contributed by atoms with van der Waals surface area (Å²) in [5, 5.41) is 5.38. The lowest BCUT2D eigenvalue weighted by Gasteiger charge is -2.05. The van der Waals surface area contributed by atoms with Crippen molar-refractivity contribution in [3.63, 3.8) is 0 Å². The van der Waals surface area contributed by atoms with E-state index in [0.29, 0.717) is 10.9 Å². The van der Waals surface area contributed by atoms with Crippen LogP contribution in [0.15, 0.2) is 32.9 Å². The number of halogens is 1. The van der Waals surface area contributed by atoms with Gasteiger partial charge in [0, 0.05) is 14.7 Å². The molecule has 0 fully saturated rings. The molecular weight excluding hydrogens is 344 g/mol. The van der Waals surface area contributed by atoms with Crippen molar-refractivity contribution in [3.8, 4) is 0 Å². The van der Waals surface area contributed by atoms with Crippen LogP contribution in [0.4, 0.5) is 5.13 Å². The standard InChI is InChI=1S/C13H13BrN2OS2/c1-8-5-10(14)3-4-11(8)18-7-12(17)16-13-15-9(2)6-19-13/h3-6H,7H2,1-2H3,(H,15,16,17). The first-order chi connectivity index (χ1) is 9.04. The average Bonchev–Trinajstić information content (AvgIpc) is 2.73. The summed E-state index contributed by atoms with van der Waals surface area (Å²) < 4.78 is 1.05. The molecule has 0 radical (unpaired) electrons. The van der Waals surface area contributed by atoms with E-state index in [1.165, 1.54) is 23.1 Å². The van der Waals surface area contributed by atoms with Crippen LogP contribution in [-0.2, 0) is 4.79 Å². The molecule has 0 saturated carbocycles. The van der Waals surface area contributed by atoms with E-state index in [1.54, 1.807) is 0 Å². The third-order valence-corrected chi connectivity index (χ3v) is 4.91. The lowest BCUT2D eigenvalue weighted by Crippen LogP contribution is -2.13. The Balaban J connectivity index is 1.89. The highest BCUT2D eigenvalue weighted by molar-refractivity contribution is 9.10. The third-order valence-electron chi connectivity index (χ3n) is 2.36. The van der Waals surface area contributed by atoms with E-state index in [-0.39, 0.29) is 5.91 Å². The van der Waals surface area contributed by atoms with Crippen LogP contribution < -0.4 is 5.32 Å². The molecule has 0 unspecified atom stereocenters. The van der Waals surface area contributed by atoms with Crippen molar-refractivity contribution >= 4 is 50.1 Å². The number of benzene rings is 1. The fourth-order valence-electron chi connectivity index (χ4n) is 1.48. The number of thiazole rings is 1. The molecule has 1 amide bonds. The first-order valence-electron chi connectivity index (χ1n) is 5.65. The largest absolute Gasteiger partial charge is 0.301 e. The second-order valence-electron chi connectivity index (χ2n) is 4.04. The molecule has 0 spiro atoms. The van der Waals surface area contributed by atoms with Gasteiger partial charge in [-0.15, -0.1) is 23.1 Å². The number of nitrogens with one attached hydrogen (secondary N) is 1. The number of carbonyl (C=O) groups excluding carboxylic acids is 1. The Morgan fingerprint density at radius 1 is 1.47 bits per heavy atom. The molecule has 3 nitrogen and oxygen atoms in total. The zero-order valence-electron chi connectivity index (χ0n) is 10.6. The summed E-state index contributed by atoms with van der Waals surface area (Å²) in [6.45, 7) is 3.95. The van der Waals surface area contributed by atoms with Crippen LogP contribution in [0.1, 0.15) is 11.3 Å². The monoisotopic (exact) mass is 356 g/mol. The van der Waals surface area contributed by atoms with Crippen molar-refractivity contribution in [1.29, 1.82) is 0 Å². The van der Waals surface area contributed by atoms with Crippen molar-refractivity contribution in [2.75, 3.05) is 11.1 Å². The van der Waals surface area contributed by atoms with Crippen LogP contribution in [-0.4, -0.2) is 16.6 Å². The van der Waals surface area contributed by atoms with Crippen molar-refractivity contribution in [1.82, 2.24) is 4.98 Å². The lowest BCUT2D eigenvalue weighted by atomic mass is 10.2. The molecule has 1 aromatic carbocycles. The first kappa shape index (κ1) is 14.6. The summed E-state index contributed by atoms with van der Waals surface area (Å²) in [6.07, 6.45) is 0. The Bertz CT molecular complexity index is 598. The minimum absolute atomic E-state index is 0.0262. The molecule has 100 valence electrons. The number of rotatable bonds is 4. The quantitative estimate of drug-likeness (QED) is 0.832. The number of hydrogen-bond donors (Lipinski definition) is 1. The molecule has 0 bridgehead atoms. The molecular formula is C13H13BrN2OS2. The van der Waals surface area contributed by atoms with Gasteiger partial charge in [-0.05, 0) is 37.6 Å². The van der Waals surface area contributed by atoms with Crippen LogP contribution >= 0.6 is 39.0 Å². The minimum atomic E-state index is -0.0262. The van der Waals surface area contributed by atoms with Crippen LogP contribution in [0.2, 0.25) is 0 Å². The van der Waals surface area contributed by atoms with E-state index in [4.69, 9.17) is 0 Å². The van der Waals surface area contributed by atoms with E-state index >= 15 is 0 Å². The normalized spacial score (nSPS) is 10.5. The van der Waals surface area contributed by atoms with E-state index in [0.717, 1.165) is 20.6 Å². The maximum absolute atomic E-state index is 11.8. The van der Waals surface area contributed by atoms with Crippen LogP contribution in [0.3, 0.4) is 0 Å². The lowest BCUT2D eigenvalue weighted by molar-refractivity contribution is -0.113. The second-order valence-corrected chi connectivity index (χ2v) is 6.83.